The van der Waals surface area contributed by atoms with Crippen LogP contribution in [0, 0.1) is 0 Å². The van der Waals surface area contributed by atoms with Gasteiger partial charge >= 0.3 is 6.61 Å². The van der Waals surface area contributed by atoms with Gasteiger partial charge in [-0.2, -0.15) is 13.1 Å². The Hall–Kier alpha value is -2.56. The number of aliphatic hydroxyl groups is 1. The molecule has 3 atom stereocenters. The highest BCUT2D eigenvalue weighted by atomic mass is 32.2. The third-order valence-electron chi connectivity index (χ3n) is 7.12. The maximum atomic E-state index is 13.1. The molecule has 3 unspecified atom stereocenters. The minimum Gasteiger partial charge on any atom is -0.493 e. The number of aliphatic imine (C=N–C) groups is 1. The predicted octanol–water partition coefficient (Wildman–Crippen LogP) is 3.93. The SMILES string of the molecule is COc1cc2c(cc1OC(F)F)C(c1ccc(S(=O)(=O)N3CCCC3)cc1)=NC1CCC(O)CC21. The van der Waals surface area contributed by atoms with Gasteiger partial charge in [0.2, 0.25) is 10.0 Å². The van der Waals surface area contributed by atoms with Gasteiger partial charge in [-0.1, -0.05) is 12.1 Å². The van der Waals surface area contributed by atoms with Crippen molar-refractivity contribution in [1.29, 1.82) is 0 Å². The fourth-order valence-corrected chi connectivity index (χ4v) is 6.90. The average Bonchev–Trinajstić information content (AvgIpc) is 3.39. The molecule has 1 saturated carbocycles. The second kappa shape index (κ2) is 9.48. The number of hydrogen-bond acceptors (Lipinski definition) is 6. The van der Waals surface area contributed by atoms with Crippen molar-refractivity contribution in [3.05, 3.63) is 53.1 Å². The van der Waals surface area contributed by atoms with E-state index < -0.39 is 22.7 Å². The maximum Gasteiger partial charge on any atom is 0.387 e. The van der Waals surface area contributed by atoms with E-state index in [4.69, 9.17) is 14.5 Å². The van der Waals surface area contributed by atoms with Crippen molar-refractivity contribution in [3.8, 4) is 11.5 Å². The number of benzene rings is 2. The van der Waals surface area contributed by atoms with E-state index in [0.29, 0.717) is 49.2 Å². The molecule has 2 fully saturated rings. The van der Waals surface area contributed by atoms with E-state index in [1.165, 1.54) is 17.5 Å². The van der Waals surface area contributed by atoms with E-state index in [-0.39, 0.29) is 28.4 Å². The smallest absolute Gasteiger partial charge is 0.387 e. The Morgan fingerprint density at radius 1 is 1.09 bits per heavy atom. The highest BCUT2D eigenvalue weighted by Crippen LogP contribution is 2.45. The molecule has 1 N–H and O–H groups in total. The first-order chi connectivity index (χ1) is 16.8. The van der Waals surface area contributed by atoms with Crippen LogP contribution in [0.2, 0.25) is 0 Å². The van der Waals surface area contributed by atoms with Crippen LogP contribution in [0.5, 0.6) is 11.5 Å². The van der Waals surface area contributed by atoms with Gasteiger partial charge in [-0.15, -0.1) is 0 Å². The predicted molar refractivity (Wildman–Crippen MR) is 126 cm³/mol. The number of sulfonamides is 1. The van der Waals surface area contributed by atoms with E-state index in [1.54, 1.807) is 30.3 Å². The molecule has 188 valence electrons. The Bertz CT molecular complexity index is 1230. The van der Waals surface area contributed by atoms with Gasteiger partial charge < -0.3 is 14.6 Å². The van der Waals surface area contributed by atoms with E-state index in [1.807, 2.05) is 0 Å². The number of nitrogens with zero attached hydrogens (tertiary/aromatic N) is 2. The van der Waals surface area contributed by atoms with Crippen molar-refractivity contribution in [2.45, 2.75) is 61.7 Å². The fraction of sp³-hybridized carbons (Fsp3) is 0.480. The van der Waals surface area contributed by atoms with E-state index in [0.717, 1.165) is 18.4 Å². The Balaban J connectivity index is 1.57. The second-order valence-corrected chi connectivity index (χ2v) is 11.2. The topological polar surface area (TPSA) is 88.4 Å². The minimum absolute atomic E-state index is 0.0817. The second-order valence-electron chi connectivity index (χ2n) is 9.22. The number of ether oxygens (including phenoxy) is 2. The number of rotatable bonds is 6. The molecular formula is C25H28F2N2O5S. The minimum atomic E-state index is -3.56. The zero-order chi connectivity index (χ0) is 24.7. The molecule has 2 aliphatic heterocycles. The molecule has 1 saturated heterocycles. The van der Waals surface area contributed by atoms with Crippen molar-refractivity contribution in [1.82, 2.24) is 4.31 Å². The molecule has 2 aromatic rings. The quantitative estimate of drug-likeness (QED) is 0.642. The van der Waals surface area contributed by atoms with E-state index in [9.17, 15) is 22.3 Å². The first-order valence-electron chi connectivity index (χ1n) is 11.8. The standard InChI is InChI=1S/C25H28F2N2O5S/c1-33-22-13-18-19-12-16(30)6-9-21(19)28-24(20(18)14-23(22)34-25(26)27)15-4-7-17(8-5-15)35(31,32)29-10-2-3-11-29/h4-5,7-8,13-14,16,19,21,25,30H,2-3,6,9-12H2,1H3. The Labute approximate surface area is 203 Å². The van der Waals surface area contributed by atoms with Crippen LogP contribution in [-0.4, -0.2) is 62.5 Å². The number of methoxy groups -OCH3 is 1. The molecule has 3 aliphatic rings. The lowest BCUT2D eigenvalue weighted by Crippen LogP contribution is -2.34. The number of halogens is 2. The number of aliphatic hydroxyl groups excluding tert-OH is 1. The van der Waals surface area contributed by atoms with Gasteiger partial charge in [0, 0.05) is 30.1 Å². The molecule has 35 heavy (non-hydrogen) atoms. The van der Waals surface area contributed by atoms with Crippen LogP contribution in [0.4, 0.5) is 8.78 Å². The summed E-state index contributed by atoms with van der Waals surface area (Å²) in [5, 5.41) is 10.3. The highest BCUT2D eigenvalue weighted by molar-refractivity contribution is 7.89. The lowest BCUT2D eigenvalue weighted by molar-refractivity contribution is -0.0512. The van der Waals surface area contributed by atoms with Crippen LogP contribution in [-0.2, 0) is 10.0 Å². The van der Waals surface area contributed by atoms with Crippen molar-refractivity contribution in [2.24, 2.45) is 4.99 Å². The van der Waals surface area contributed by atoms with Crippen LogP contribution >= 0.6 is 0 Å². The van der Waals surface area contributed by atoms with Gasteiger partial charge in [-0.25, -0.2) is 8.42 Å². The molecule has 2 aromatic carbocycles. The van der Waals surface area contributed by atoms with Crippen molar-refractivity contribution in [2.75, 3.05) is 20.2 Å². The molecule has 5 rings (SSSR count). The summed E-state index contributed by atoms with van der Waals surface area (Å²) in [6.07, 6.45) is 3.08. The number of alkyl halides is 2. The summed E-state index contributed by atoms with van der Waals surface area (Å²) in [7, 11) is -2.16. The van der Waals surface area contributed by atoms with Crippen molar-refractivity contribution >= 4 is 15.7 Å². The van der Waals surface area contributed by atoms with Crippen LogP contribution in [0.25, 0.3) is 0 Å². The van der Waals surface area contributed by atoms with Gasteiger partial charge in [0.15, 0.2) is 11.5 Å². The van der Waals surface area contributed by atoms with E-state index in [2.05, 4.69) is 0 Å². The normalized spacial score (nSPS) is 24.6. The van der Waals surface area contributed by atoms with Crippen LogP contribution in [0.15, 0.2) is 46.3 Å². The summed E-state index contributed by atoms with van der Waals surface area (Å²) in [4.78, 5) is 5.17. The highest BCUT2D eigenvalue weighted by Gasteiger charge is 2.37. The molecule has 10 heteroatoms. The summed E-state index contributed by atoms with van der Waals surface area (Å²) in [6.45, 7) is -1.98. The summed E-state index contributed by atoms with van der Waals surface area (Å²) in [6, 6.07) is 9.68. The summed E-state index contributed by atoms with van der Waals surface area (Å²) in [5.41, 5.74) is 2.74. The Kier molecular flexibility index (Phi) is 6.54. The summed E-state index contributed by atoms with van der Waals surface area (Å²) < 4.78 is 63.6. The third kappa shape index (κ3) is 4.54. The van der Waals surface area contributed by atoms with E-state index >= 15 is 0 Å². The summed E-state index contributed by atoms with van der Waals surface area (Å²) in [5.74, 6) is 0.00924. The lowest BCUT2D eigenvalue weighted by Gasteiger charge is -2.37. The molecular weight excluding hydrogens is 478 g/mol. The first kappa shape index (κ1) is 24.1. The van der Waals surface area contributed by atoms with Gasteiger partial charge in [-0.3, -0.25) is 4.99 Å². The number of hydrogen-bond donors (Lipinski definition) is 1. The van der Waals surface area contributed by atoms with Crippen LogP contribution in [0.3, 0.4) is 0 Å². The maximum absolute atomic E-state index is 13.1. The molecule has 0 amide bonds. The Morgan fingerprint density at radius 3 is 2.46 bits per heavy atom. The van der Waals surface area contributed by atoms with Gasteiger partial charge in [0.25, 0.3) is 0 Å². The first-order valence-corrected chi connectivity index (χ1v) is 13.3. The van der Waals surface area contributed by atoms with Gasteiger partial charge in [0.1, 0.15) is 0 Å². The Morgan fingerprint density at radius 2 is 1.80 bits per heavy atom. The molecule has 7 nitrogen and oxygen atoms in total. The van der Waals surface area contributed by atoms with Crippen LogP contribution < -0.4 is 9.47 Å². The largest absolute Gasteiger partial charge is 0.493 e. The van der Waals surface area contributed by atoms with Gasteiger partial charge in [-0.05, 0) is 61.9 Å². The van der Waals surface area contributed by atoms with Crippen molar-refractivity contribution in [3.63, 3.8) is 0 Å². The van der Waals surface area contributed by atoms with Gasteiger partial charge in [0.05, 0.1) is 29.9 Å². The monoisotopic (exact) mass is 506 g/mol. The average molecular weight is 507 g/mol. The molecule has 0 aromatic heterocycles. The summed E-state index contributed by atoms with van der Waals surface area (Å²) >= 11 is 0. The molecule has 2 heterocycles. The molecule has 0 radical (unpaired) electrons. The zero-order valence-corrected chi connectivity index (χ0v) is 20.2. The fourth-order valence-electron chi connectivity index (χ4n) is 5.38. The van der Waals surface area contributed by atoms with Crippen molar-refractivity contribution < 1.29 is 31.8 Å². The lowest BCUT2D eigenvalue weighted by atomic mass is 9.74. The zero-order valence-electron chi connectivity index (χ0n) is 19.4. The third-order valence-corrected chi connectivity index (χ3v) is 9.03. The molecule has 1 aliphatic carbocycles. The molecule has 0 spiro atoms. The number of fused-ring (bicyclic) bond motifs is 3. The molecule has 0 bridgehead atoms. The van der Waals surface area contributed by atoms with Crippen LogP contribution in [0.1, 0.15) is 54.7 Å².